The summed E-state index contributed by atoms with van der Waals surface area (Å²) in [6.45, 7) is -0.0312. The van der Waals surface area contributed by atoms with Crippen LogP contribution >= 0.6 is 23.4 Å². The van der Waals surface area contributed by atoms with E-state index in [2.05, 4.69) is 9.72 Å². The fraction of sp³-hybridized carbons (Fsp3) is 0.250. The minimum Gasteiger partial charge on any atom is -0.481 e. The maximum atomic E-state index is 11.5. The summed E-state index contributed by atoms with van der Waals surface area (Å²) in [7, 11) is 1.29. The van der Waals surface area contributed by atoms with Crippen molar-refractivity contribution in [2.75, 3.05) is 12.9 Å². The first-order valence-electron chi connectivity index (χ1n) is 5.58. The lowest BCUT2D eigenvalue weighted by Crippen LogP contribution is -2.12. The Kier molecular flexibility index (Phi) is 4.51. The molecular weight excluding hydrogens is 304 g/mol. The number of methoxy groups -OCH3 is 1. The van der Waals surface area contributed by atoms with E-state index in [1.165, 1.54) is 7.11 Å². The Hall–Kier alpha value is -1.73. The van der Waals surface area contributed by atoms with Crippen LogP contribution in [0.25, 0.3) is 11.0 Å². The van der Waals surface area contributed by atoms with Crippen molar-refractivity contribution in [2.45, 2.75) is 11.7 Å². The summed E-state index contributed by atoms with van der Waals surface area (Å²) in [4.78, 5) is 26.4. The smallest absolute Gasteiger partial charge is 0.325 e. The van der Waals surface area contributed by atoms with Gasteiger partial charge in [-0.25, -0.2) is 4.98 Å². The molecule has 106 valence electrons. The first kappa shape index (κ1) is 14.7. The standard InChI is InChI=1S/C12H11ClN2O4S/c1-19-11(18)5-15-9-3-2-7(13)4-8(9)14-12(15)20-6-10(16)17/h2-4H,5-6H2,1H3,(H,16,17). The molecule has 2 aromatic rings. The summed E-state index contributed by atoms with van der Waals surface area (Å²) in [5.41, 5.74) is 1.31. The topological polar surface area (TPSA) is 81.4 Å². The van der Waals surface area contributed by atoms with E-state index in [0.29, 0.717) is 21.2 Å². The third-order valence-corrected chi connectivity index (χ3v) is 3.71. The molecule has 0 saturated carbocycles. The number of imidazole rings is 1. The van der Waals surface area contributed by atoms with Crippen molar-refractivity contribution in [3.63, 3.8) is 0 Å². The van der Waals surface area contributed by atoms with Gasteiger partial charge in [-0.15, -0.1) is 0 Å². The van der Waals surface area contributed by atoms with Crippen LogP contribution in [-0.2, 0) is 20.9 Å². The number of carboxylic acid groups (broad SMARTS) is 1. The van der Waals surface area contributed by atoms with Gasteiger partial charge in [0.2, 0.25) is 0 Å². The zero-order chi connectivity index (χ0) is 14.7. The molecule has 1 aromatic carbocycles. The van der Waals surface area contributed by atoms with Gasteiger partial charge in [0, 0.05) is 5.02 Å². The molecule has 0 aliphatic rings. The number of rotatable bonds is 5. The van der Waals surface area contributed by atoms with Crippen molar-refractivity contribution in [2.24, 2.45) is 0 Å². The molecule has 1 aromatic heterocycles. The Balaban J connectivity index is 2.44. The lowest BCUT2D eigenvalue weighted by molar-refractivity contribution is -0.141. The number of carbonyl (C=O) groups is 2. The number of esters is 1. The molecule has 0 aliphatic heterocycles. The highest BCUT2D eigenvalue weighted by molar-refractivity contribution is 7.99. The van der Waals surface area contributed by atoms with Crippen LogP contribution < -0.4 is 0 Å². The second-order valence-electron chi connectivity index (χ2n) is 3.87. The molecule has 0 radical (unpaired) electrons. The van der Waals surface area contributed by atoms with Crippen molar-refractivity contribution in [3.8, 4) is 0 Å². The van der Waals surface area contributed by atoms with E-state index in [1.54, 1.807) is 22.8 Å². The van der Waals surface area contributed by atoms with Gasteiger partial charge in [0.05, 0.1) is 23.9 Å². The molecule has 1 N–H and O–H groups in total. The SMILES string of the molecule is COC(=O)Cn1c(SCC(=O)O)nc2cc(Cl)ccc21. The highest BCUT2D eigenvalue weighted by Crippen LogP contribution is 2.26. The second-order valence-corrected chi connectivity index (χ2v) is 5.25. The molecule has 0 bridgehead atoms. The van der Waals surface area contributed by atoms with E-state index in [1.807, 2.05) is 0 Å². The fourth-order valence-corrected chi connectivity index (χ4v) is 2.56. The number of carboxylic acids is 1. The van der Waals surface area contributed by atoms with Gasteiger partial charge >= 0.3 is 11.9 Å². The summed E-state index contributed by atoms with van der Waals surface area (Å²) >= 11 is 6.94. The Morgan fingerprint density at radius 1 is 1.50 bits per heavy atom. The number of benzene rings is 1. The van der Waals surface area contributed by atoms with E-state index >= 15 is 0 Å². The number of fused-ring (bicyclic) bond motifs is 1. The summed E-state index contributed by atoms with van der Waals surface area (Å²) in [6.07, 6.45) is 0. The molecule has 0 amide bonds. The molecule has 20 heavy (non-hydrogen) atoms. The zero-order valence-corrected chi connectivity index (χ0v) is 12.1. The van der Waals surface area contributed by atoms with Crippen LogP contribution in [0, 0.1) is 0 Å². The first-order valence-corrected chi connectivity index (χ1v) is 6.95. The highest BCUT2D eigenvalue weighted by atomic mass is 35.5. The number of thioether (sulfide) groups is 1. The Morgan fingerprint density at radius 2 is 2.25 bits per heavy atom. The summed E-state index contributed by atoms with van der Waals surface area (Å²) in [6, 6.07) is 5.08. The third-order valence-electron chi connectivity index (χ3n) is 2.51. The molecule has 6 nitrogen and oxygen atoms in total. The summed E-state index contributed by atoms with van der Waals surface area (Å²) in [5.74, 6) is -1.53. The predicted octanol–water partition coefficient (Wildman–Crippen LogP) is 2.04. The van der Waals surface area contributed by atoms with Gasteiger partial charge in [0.25, 0.3) is 0 Å². The molecule has 8 heteroatoms. The molecular formula is C12H11ClN2O4S. The van der Waals surface area contributed by atoms with Crippen LogP contribution in [0.3, 0.4) is 0 Å². The molecule has 0 spiro atoms. The molecule has 0 atom stereocenters. The van der Waals surface area contributed by atoms with Crippen molar-refractivity contribution >= 4 is 46.3 Å². The lowest BCUT2D eigenvalue weighted by Gasteiger charge is -2.06. The van der Waals surface area contributed by atoms with Crippen molar-refractivity contribution in [1.82, 2.24) is 9.55 Å². The minimum atomic E-state index is -0.954. The minimum absolute atomic E-state index is 0.0312. The molecule has 0 aliphatic carbocycles. The van der Waals surface area contributed by atoms with Gasteiger partial charge in [-0.3, -0.25) is 9.59 Å². The van der Waals surface area contributed by atoms with Crippen molar-refractivity contribution < 1.29 is 19.4 Å². The average molecular weight is 315 g/mol. The first-order chi connectivity index (χ1) is 9.51. The van der Waals surface area contributed by atoms with Crippen LogP contribution in [-0.4, -0.2) is 39.5 Å². The van der Waals surface area contributed by atoms with E-state index in [-0.39, 0.29) is 12.3 Å². The van der Waals surface area contributed by atoms with Crippen LogP contribution in [0.1, 0.15) is 0 Å². The lowest BCUT2D eigenvalue weighted by atomic mass is 10.3. The van der Waals surface area contributed by atoms with E-state index in [0.717, 1.165) is 11.8 Å². The van der Waals surface area contributed by atoms with Gasteiger partial charge < -0.3 is 14.4 Å². The Labute approximate surface area is 123 Å². The number of ether oxygens (including phenoxy) is 1. The monoisotopic (exact) mass is 314 g/mol. The van der Waals surface area contributed by atoms with Crippen molar-refractivity contribution in [1.29, 1.82) is 0 Å². The number of carbonyl (C=O) groups excluding carboxylic acids is 1. The maximum absolute atomic E-state index is 11.5. The predicted molar refractivity (Wildman–Crippen MR) is 75.1 cm³/mol. The summed E-state index contributed by atoms with van der Waals surface area (Å²) in [5, 5.41) is 9.71. The van der Waals surface area contributed by atoms with Crippen LogP contribution in [0.2, 0.25) is 5.02 Å². The fourth-order valence-electron chi connectivity index (χ4n) is 1.66. The molecule has 2 rings (SSSR count). The number of halogens is 1. The largest absolute Gasteiger partial charge is 0.481 e. The summed E-state index contributed by atoms with van der Waals surface area (Å²) < 4.78 is 6.25. The average Bonchev–Trinajstić information content (AvgIpc) is 2.73. The van der Waals surface area contributed by atoms with Crippen LogP contribution in [0.15, 0.2) is 23.4 Å². The molecule has 0 fully saturated rings. The number of aliphatic carboxylic acids is 1. The van der Waals surface area contributed by atoms with E-state index in [9.17, 15) is 9.59 Å². The normalized spacial score (nSPS) is 10.7. The van der Waals surface area contributed by atoms with Crippen LogP contribution in [0.5, 0.6) is 0 Å². The molecule has 1 heterocycles. The molecule has 0 saturated heterocycles. The van der Waals surface area contributed by atoms with Gasteiger partial charge in [-0.05, 0) is 18.2 Å². The Morgan fingerprint density at radius 3 is 2.90 bits per heavy atom. The number of aromatic nitrogens is 2. The van der Waals surface area contributed by atoms with Gasteiger partial charge in [0.1, 0.15) is 6.54 Å². The highest BCUT2D eigenvalue weighted by Gasteiger charge is 2.15. The second kappa shape index (κ2) is 6.15. The number of nitrogens with zero attached hydrogens (tertiary/aromatic N) is 2. The van der Waals surface area contributed by atoms with Gasteiger partial charge in [0.15, 0.2) is 5.16 Å². The Bertz CT molecular complexity index is 671. The van der Waals surface area contributed by atoms with E-state index in [4.69, 9.17) is 16.7 Å². The molecule has 0 unspecified atom stereocenters. The quantitative estimate of drug-likeness (QED) is 0.672. The number of hydrogen-bond acceptors (Lipinski definition) is 5. The maximum Gasteiger partial charge on any atom is 0.325 e. The van der Waals surface area contributed by atoms with E-state index < -0.39 is 11.9 Å². The van der Waals surface area contributed by atoms with Crippen LogP contribution in [0.4, 0.5) is 0 Å². The van der Waals surface area contributed by atoms with Gasteiger partial charge in [-0.1, -0.05) is 23.4 Å². The number of hydrogen-bond donors (Lipinski definition) is 1. The van der Waals surface area contributed by atoms with Gasteiger partial charge in [-0.2, -0.15) is 0 Å². The zero-order valence-electron chi connectivity index (χ0n) is 10.5. The third kappa shape index (κ3) is 3.23. The van der Waals surface area contributed by atoms with Crippen molar-refractivity contribution in [3.05, 3.63) is 23.2 Å².